The van der Waals surface area contributed by atoms with E-state index in [-0.39, 0.29) is 0 Å². The average molecular weight is 414 g/mol. The topological polar surface area (TPSA) is 86.5 Å². The number of rotatable bonds is 5. The maximum Gasteiger partial charge on any atom is 0.421 e. The number of amides is 1. The second-order valence-corrected chi connectivity index (χ2v) is 8.30. The second kappa shape index (κ2) is 8.04. The van der Waals surface area contributed by atoms with Crippen LogP contribution in [0.3, 0.4) is 0 Å². The number of imidazole rings is 1. The summed E-state index contributed by atoms with van der Waals surface area (Å²) >= 11 is 1.10. The minimum Gasteiger partial charge on any atom is -0.494 e. The molecule has 0 atom stereocenters. The first-order valence-corrected chi connectivity index (χ1v) is 9.66. The number of benzene rings is 1. The van der Waals surface area contributed by atoms with Gasteiger partial charge < -0.3 is 14.0 Å². The third-order valence-electron chi connectivity index (χ3n) is 3.81. The van der Waals surface area contributed by atoms with Gasteiger partial charge in [-0.1, -0.05) is 11.3 Å². The van der Waals surface area contributed by atoms with Gasteiger partial charge in [-0.3, -0.25) is 4.79 Å². The van der Waals surface area contributed by atoms with Crippen LogP contribution in [-0.2, 0) is 4.74 Å². The van der Waals surface area contributed by atoms with Gasteiger partial charge in [-0.15, -0.1) is 0 Å². The molecule has 3 aromatic rings. The zero-order chi connectivity index (χ0) is 21.2. The first-order chi connectivity index (χ1) is 13.7. The van der Waals surface area contributed by atoms with Gasteiger partial charge in [0.2, 0.25) is 0 Å². The summed E-state index contributed by atoms with van der Waals surface area (Å²) in [6, 6.07) is 5.30. The Morgan fingerprint density at radius 3 is 2.59 bits per heavy atom. The van der Waals surface area contributed by atoms with Gasteiger partial charge in [-0.05, 0) is 39.8 Å². The molecule has 0 aliphatic carbocycles. The summed E-state index contributed by atoms with van der Waals surface area (Å²) in [6.07, 6.45) is 5.08. The van der Waals surface area contributed by atoms with Crippen molar-refractivity contribution in [1.29, 1.82) is 0 Å². The van der Waals surface area contributed by atoms with Gasteiger partial charge >= 0.3 is 6.09 Å². The van der Waals surface area contributed by atoms with Gasteiger partial charge in [0.05, 0.1) is 41.6 Å². The van der Waals surface area contributed by atoms with Crippen molar-refractivity contribution < 1.29 is 19.1 Å². The van der Waals surface area contributed by atoms with Crippen molar-refractivity contribution in [3.63, 3.8) is 0 Å². The first-order valence-electron chi connectivity index (χ1n) is 8.85. The molecule has 2 aromatic heterocycles. The maximum atomic E-state index is 12.9. The van der Waals surface area contributed by atoms with E-state index < -0.39 is 11.7 Å². The van der Waals surface area contributed by atoms with Crippen LogP contribution < -0.4 is 9.64 Å². The number of aldehydes is 1. The quantitative estimate of drug-likeness (QED) is 0.570. The third-order valence-corrected chi connectivity index (χ3v) is 4.71. The standard InChI is InChI=1S/C20H22N4O4S/c1-13-10-23(12-22-13)16-7-6-14(8-17(16)27-5)24(19(26)28-20(2,3)4)18-21-9-15(11-25)29-18/h6-12H,1-5H3. The highest BCUT2D eigenvalue weighted by Gasteiger charge is 2.28. The summed E-state index contributed by atoms with van der Waals surface area (Å²) < 4.78 is 12.9. The number of ether oxygens (including phenoxy) is 2. The normalized spacial score (nSPS) is 11.2. The van der Waals surface area contributed by atoms with Crippen LogP contribution in [0.1, 0.15) is 36.1 Å². The van der Waals surface area contributed by atoms with Crippen molar-refractivity contribution in [2.45, 2.75) is 33.3 Å². The minimum absolute atomic E-state index is 0.328. The minimum atomic E-state index is -0.696. The van der Waals surface area contributed by atoms with E-state index in [2.05, 4.69) is 9.97 Å². The Kier molecular flexibility index (Phi) is 5.69. The highest BCUT2D eigenvalue weighted by atomic mass is 32.1. The zero-order valence-corrected chi connectivity index (χ0v) is 17.7. The molecule has 0 spiro atoms. The predicted octanol–water partition coefficient (Wildman–Crippen LogP) is 4.53. The number of anilines is 2. The summed E-state index contributed by atoms with van der Waals surface area (Å²) in [5, 5.41) is 0.328. The molecule has 2 heterocycles. The second-order valence-electron chi connectivity index (χ2n) is 7.26. The Labute approximate surface area is 172 Å². The SMILES string of the molecule is COc1cc(N(C(=O)OC(C)(C)C)c2ncc(C=O)s2)ccc1-n1cnc(C)c1. The van der Waals surface area contributed by atoms with Crippen molar-refractivity contribution in [2.75, 3.05) is 12.0 Å². The van der Waals surface area contributed by atoms with Crippen molar-refractivity contribution in [2.24, 2.45) is 0 Å². The van der Waals surface area contributed by atoms with Crippen LogP contribution >= 0.6 is 11.3 Å². The van der Waals surface area contributed by atoms with E-state index in [1.165, 1.54) is 11.1 Å². The highest BCUT2D eigenvalue weighted by Crippen LogP contribution is 2.35. The van der Waals surface area contributed by atoms with Crippen LogP contribution in [0, 0.1) is 6.92 Å². The van der Waals surface area contributed by atoms with Crippen molar-refractivity contribution in [1.82, 2.24) is 14.5 Å². The number of carbonyl (C=O) groups is 2. The fourth-order valence-corrected chi connectivity index (χ4v) is 3.35. The van der Waals surface area contributed by atoms with Crippen molar-refractivity contribution >= 4 is 34.5 Å². The summed E-state index contributed by atoms with van der Waals surface area (Å²) in [5.41, 5.74) is 1.45. The fraction of sp³-hybridized carbons (Fsp3) is 0.300. The van der Waals surface area contributed by atoms with Gasteiger partial charge in [0, 0.05) is 12.3 Å². The van der Waals surface area contributed by atoms with Gasteiger partial charge in [0.25, 0.3) is 0 Å². The molecule has 0 fully saturated rings. The Morgan fingerprint density at radius 1 is 1.28 bits per heavy atom. The van der Waals surface area contributed by atoms with Crippen LogP contribution in [0.15, 0.2) is 36.9 Å². The number of thiazole rings is 1. The van der Waals surface area contributed by atoms with Crippen molar-refractivity contribution in [3.8, 4) is 11.4 Å². The number of hydrogen-bond acceptors (Lipinski definition) is 7. The molecule has 29 heavy (non-hydrogen) atoms. The average Bonchev–Trinajstić information content (AvgIpc) is 3.29. The van der Waals surface area contributed by atoms with Crippen molar-refractivity contribution in [3.05, 3.63) is 47.5 Å². The summed E-state index contributed by atoms with van der Waals surface area (Å²) in [6.45, 7) is 7.25. The number of methoxy groups -OCH3 is 1. The monoisotopic (exact) mass is 414 g/mol. The molecule has 0 bridgehead atoms. The zero-order valence-electron chi connectivity index (χ0n) is 16.9. The molecule has 0 saturated heterocycles. The van der Waals surface area contributed by atoms with Gasteiger partial charge in [0.1, 0.15) is 11.4 Å². The molecular weight excluding hydrogens is 392 g/mol. The lowest BCUT2D eigenvalue weighted by Gasteiger charge is -2.26. The van der Waals surface area contributed by atoms with Gasteiger partial charge in [-0.2, -0.15) is 0 Å². The Morgan fingerprint density at radius 2 is 2.03 bits per heavy atom. The van der Waals surface area contributed by atoms with Gasteiger partial charge in [0.15, 0.2) is 11.4 Å². The number of nitrogens with zero attached hydrogens (tertiary/aromatic N) is 4. The first kappa shape index (κ1) is 20.5. The van der Waals surface area contributed by atoms with E-state index in [0.29, 0.717) is 27.7 Å². The summed E-state index contributed by atoms with van der Waals surface area (Å²) in [5.74, 6) is 0.542. The predicted molar refractivity (Wildman–Crippen MR) is 111 cm³/mol. The third kappa shape index (κ3) is 4.62. The van der Waals surface area contributed by atoms with E-state index in [4.69, 9.17) is 9.47 Å². The van der Waals surface area contributed by atoms with E-state index in [1.807, 2.05) is 23.8 Å². The number of aromatic nitrogens is 3. The van der Waals surface area contributed by atoms with Crippen LogP contribution in [-0.4, -0.2) is 39.6 Å². The highest BCUT2D eigenvalue weighted by molar-refractivity contribution is 7.17. The summed E-state index contributed by atoms with van der Waals surface area (Å²) in [4.78, 5) is 34.2. The Balaban J connectivity index is 2.07. The molecule has 3 rings (SSSR count). The molecule has 0 saturated carbocycles. The number of aryl methyl sites for hydroxylation is 1. The largest absolute Gasteiger partial charge is 0.494 e. The molecule has 152 valence electrons. The van der Waals surface area contributed by atoms with E-state index in [0.717, 1.165) is 22.7 Å². The molecule has 8 nitrogen and oxygen atoms in total. The lowest BCUT2D eigenvalue weighted by atomic mass is 10.2. The molecule has 1 amide bonds. The van der Waals surface area contributed by atoms with E-state index in [1.54, 1.807) is 46.3 Å². The molecule has 1 aromatic carbocycles. The molecule has 0 N–H and O–H groups in total. The van der Waals surface area contributed by atoms with Crippen LogP contribution in [0.4, 0.5) is 15.6 Å². The molecule has 0 radical (unpaired) electrons. The Hall–Kier alpha value is -3.20. The molecule has 0 aliphatic heterocycles. The Bertz CT molecular complexity index is 1040. The van der Waals surface area contributed by atoms with Crippen LogP contribution in [0.5, 0.6) is 5.75 Å². The summed E-state index contributed by atoms with van der Waals surface area (Å²) in [7, 11) is 1.55. The van der Waals surface area contributed by atoms with E-state index >= 15 is 0 Å². The number of carbonyl (C=O) groups excluding carboxylic acids is 2. The van der Waals surface area contributed by atoms with Crippen LogP contribution in [0.2, 0.25) is 0 Å². The van der Waals surface area contributed by atoms with Crippen LogP contribution in [0.25, 0.3) is 5.69 Å². The van der Waals surface area contributed by atoms with Gasteiger partial charge in [-0.25, -0.2) is 19.7 Å². The number of hydrogen-bond donors (Lipinski definition) is 0. The van der Waals surface area contributed by atoms with E-state index in [9.17, 15) is 9.59 Å². The molecular formula is C20H22N4O4S. The molecule has 0 aliphatic rings. The maximum absolute atomic E-state index is 12.9. The fourth-order valence-electron chi connectivity index (χ4n) is 2.61. The smallest absolute Gasteiger partial charge is 0.421 e. The molecule has 9 heteroatoms. The lowest BCUT2D eigenvalue weighted by molar-refractivity contribution is 0.0599. The molecule has 0 unspecified atom stereocenters. The lowest BCUT2D eigenvalue weighted by Crippen LogP contribution is -2.33.